The molecule has 0 fully saturated rings. The van der Waals surface area contributed by atoms with Crippen molar-refractivity contribution in [2.45, 2.75) is 46.1 Å². The highest BCUT2D eigenvalue weighted by Crippen LogP contribution is 2.06. The molecule has 0 aromatic heterocycles. The molecule has 0 spiro atoms. The number of benzene rings is 1. The van der Waals surface area contributed by atoms with E-state index in [2.05, 4.69) is 35.0 Å². The van der Waals surface area contributed by atoms with Crippen molar-refractivity contribution < 1.29 is 9.59 Å². The van der Waals surface area contributed by atoms with Crippen LogP contribution in [0, 0.1) is 6.92 Å². The number of hydrogen-bond acceptors (Lipinski definition) is 2. The summed E-state index contributed by atoms with van der Waals surface area (Å²) in [6.07, 6.45) is 2.00. The maximum atomic E-state index is 11.6. The molecule has 5 heteroatoms. The van der Waals surface area contributed by atoms with Crippen LogP contribution in [0.15, 0.2) is 24.3 Å². The molecule has 122 valence electrons. The van der Waals surface area contributed by atoms with Gasteiger partial charge in [-0.3, -0.25) is 4.79 Å². The van der Waals surface area contributed by atoms with Crippen LogP contribution in [-0.2, 0) is 11.2 Å². The van der Waals surface area contributed by atoms with Crippen LogP contribution >= 0.6 is 0 Å². The summed E-state index contributed by atoms with van der Waals surface area (Å²) in [5.74, 6) is -0.0328. The lowest BCUT2D eigenvalue weighted by atomic mass is 10.1. The van der Waals surface area contributed by atoms with Crippen LogP contribution in [0.3, 0.4) is 0 Å². The summed E-state index contributed by atoms with van der Waals surface area (Å²) in [5.41, 5.74) is 2.46. The second-order valence-corrected chi connectivity index (χ2v) is 5.49. The van der Waals surface area contributed by atoms with Gasteiger partial charge in [0.25, 0.3) is 0 Å². The van der Waals surface area contributed by atoms with Gasteiger partial charge in [0.1, 0.15) is 0 Å². The average molecular weight is 305 g/mol. The van der Waals surface area contributed by atoms with E-state index in [1.54, 1.807) is 0 Å². The number of hydrogen-bond donors (Lipinski definition) is 3. The zero-order valence-corrected chi connectivity index (χ0v) is 13.7. The molecule has 1 atom stereocenters. The van der Waals surface area contributed by atoms with Crippen LogP contribution in [-0.4, -0.2) is 31.1 Å². The zero-order chi connectivity index (χ0) is 16.4. The van der Waals surface area contributed by atoms with E-state index in [-0.39, 0.29) is 18.0 Å². The van der Waals surface area contributed by atoms with Gasteiger partial charge in [-0.05, 0) is 37.8 Å². The summed E-state index contributed by atoms with van der Waals surface area (Å²) < 4.78 is 0. The fourth-order valence-corrected chi connectivity index (χ4v) is 2.00. The average Bonchev–Trinajstić information content (AvgIpc) is 2.49. The molecule has 0 saturated heterocycles. The van der Waals surface area contributed by atoms with Crippen LogP contribution in [0.2, 0.25) is 0 Å². The zero-order valence-electron chi connectivity index (χ0n) is 13.7. The molecule has 1 rings (SSSR count). The molecule has 0 aliphatic carbocycles. The second kappa shape index (κ2) is 9.82. The molecule has 0 radical (unpaired) electrons. The van der Waals surface area contributed by atoms with Gasteiger partial charge >= 0.3 is 6.03 Å². The third-order valence-corrected chi connectivity index (χ3v) is 3.60. The third-order valence-electron chi connectivity index (χ3n) is 3.60. The first-order chi connectivity index (χ1) is 10.5. The Kier molecular flexibility index (Phi) is 8.04. The van der Waals surface area contributed by atoms with E-state index in [1.807, 2.05) is 26.0 Å². The van der Waals surface area contributed by atoms with E-state index in [4.69, 9.17) is 0 Å². The maximum Gasteiger partial charge on any atom is 0.314 e. The Morgan fingerprint density at radius 1 is 1.14 bits per heavy atom. The lowest BCUT2D eigenvalue weighted by molar-refractivity contribution is -0.121. The molecule has 3 N–H and O–H groups in total. The molecule has 1 aromatic rings. The maximum absolute atomic E-state index is 11.6. The van der Waals surface area contributed by atoms with Crippen LogP contribution in [0.5, 0.6) is 0 Å². The molecule has 0 aliphatic rings. The Bertz CT molecular complexity index is 489. The van der Waals surface area contributed by atoms with Gasteiger partial charge in [-0.2, -0.15) is 0 Å². The molecular weight excluding hydrogens is 278 g/mol. The summed E-state index contributed by atoms with van der Waals surface area (Å²) >= 11 is 0. The normalized spacial score (nSPS) is 11.6. The van der Waals surface area contributed by atoms with Gasteiger partial charge in [-0.25, -0.2) is 4.79 Å². The number of carbonyl (C=O) groups excluding carboxylic acids is 2. The van der Waals surface area contributed by atoms with Crippen molar-refractivity contribution in [3.05, 3.63) is 35.4 Å². The minimum absolute atomic E-state index is 0.0328. The van der Waals surface area contributed by atoms with Gasteiger partial charge < -0.3 is 16.0 Å². The fraction of sp³-hybridized carbons (Fsp3) is 0.529. The molecule has 1 unspecified atom stereocenters. The van der Waals surface area contributed by atoms with Gasteiger partial charge in [0, 0.05) is 25.6 Å². The van der Waals surface area contributed by atoms with Crippen molar-refractivity contribution in [2.75, 3.05) is 13.1 Å². The van der Waals surface area contributed by atoms with Gasteiger partial charge in [0.05, 0.1) is 0 Å². The molecular formula is C17H27N3O2. The van der Waals surface area contributed by atoms with E-state index in [9.17, 15) is 9.59 Å². The van der Waals surface area contributed by atoms with E-state index < -0.39 is 0 Å². The summed E-state index contributed by atoms with van der Waals surface area (Å²) in [7, 11) is 0. The minimum Gasteiger partial charge on any atom is -0.354 e. The Morgan fingerprint density at radius 2 is 1.82 bits per heavy atom. The lowest BCUT2D eigenvalue weighted by Gasteiger charge is -2.12. The summed E-state index contributed by atoms with van der Waals surface area (Å²) in [5, 5.41) is 8.36. The molecule has 22 heavy (non-hydrogen) atoms. The highest BCUT2D eigenvalue weighted by Gasteiger charge is 2.06. The van der Waals surface area contributed by atoms with Crippen molar-refractivity contribution in [2.24, 2.45) is 0 Å². The number of nitrogens with one attached hydrogen (secondary N) is 3. The van der Waals surface area contributed by atoms with E-state index >= 15 is 0 Å². The fourth-order valence-electron chi connectivity index (χ4n) is 2.00. The van der Waals surface area contributed by atoms with Crippen LogP contribution in [0.1, 0.15) is 37.8 Å². The minimum atomic E-state index is -0.232. The Morgan fingerprint density at radius 3 is 2.50 bits per heavy atom. The van der Waals surface area contributed by atoms with Gasteiger partial charge in [-0.15, -0.1) is 0 Å². The predicted octanol–water partition coefficient (Wildman–Crippen LogP) is 2.14. The van der Waals surface area contributed by atoms with Crippen molar-refractivity contribution >= 4 is 11.9 Å². The molecule has 0 bridgehead atoms. The summed E-state index contributed by atoms with van der Waals surface area (Å²) in [6.45, 7) is 6.97. The molecule has 0 heterocycles. The number of rotatable bonds is 8. The molecule has 1 aromatic carbocycles. The quantitative estimate of drug-likeness (QED) is 0.688. The van der Waals surface area contributed by atoms with Crippen LogP contribution in [0.25, 0.3) is 0 Å². The van der Waals surface area contributed by atoms with Crippen LogP contribution < -0.4 is 16.0 Å². The molecule has 3 amide bonds. The monoisotopic (exact) mass is 305 g/mol. The predicted molar refractivity (Wildman–Crippen MR) is 88.8 cm³/mol. The summed E-state index contributed by atoms with van der Waals surface area (Å²) in [6, 6.07) is 8.07. The van der Waals surface area contributed by atoms with Crippen molar-refractivity contribution in [1.29, 1.82) is 0 Å². The topological polar surface area (TPSA) is 70.2 Å². The smallest absolute Gasteiger partial charge is 0.314 e. The first-order valence-electron chi connectivity index (χ1n) is 7.88. The van der Waals surface area contributed by atoms with Crippen molar-refractivity contribution in [3.8, 4) is 0 Å². The first-order valence-corrected chi connectivity index (χ1v) is 7.88. The van der Waals surface area contributed by atoms with E-state index in [1.165, 1.54) is 11.1 Å². The summed E-state index contributed by atoms with van der Waals surface area (Å²) in [4.78, 5) is 23.2. The van der Waals surface area contributed by atoms with Crippen molar-refractivity contribution in [1.82, 2.24) is 16.0 Å². The first kappa shape index (κ1) is 18.0. The largest absolute Gasteiger partial charge is 0.354 e. The molecule has 5 nitrogen and oxygen atoms in total. The van der Waals surface area contributed by atoms with Gasteiger partial charge in [0.2, 0.25) is 5.91 Å². The van der Waals surface area contributed by atoms with Gasteiger partial charge in [0.15, 0.2) is 0 Å². The number of carbonyl (C=O) groups is 2. The molecule has 0 saturated carbocycles. The van der Waals surface area contributed by atoms with Crippen LogP contribution in [0.4, 0.5) is 4.79 Å². The van der Waals surface area contributed by atoms with Gasteiger partial charge in [-0.1, -0.05) is 31.2 Å². The Balaban J connectivity index is 2.14. The number of aryl methyl sites for hydroxylation is 1. The number of amides is 3. The standard InChI is InChI=1S/C17H27N3O2/c1-4-14(3)20-16(21)10-12-19-17(22)18-11-9-15-8-6-5-7-13(15)2/h5-8,14H,4,9-12H2,1-3H3,(H,20,21)(H2,18,19,22). The lowest BCUT2D eigenvalue weighted by Crippen LogP contribution is -2.39. The van der Waals surface area contributed by atoms with E-state index in [0.29, 0.717) is 19.5 Å². The SMILES string of the molecule is CCC(C)NC(=O)CCNC(=O)NCCc1ccccc1C. The Labute approximate surface area is 132 Å². The highest BCUT2D eigenvalue weighted by molar-refractivity contribution is 5.78. The highest BCUT2D eigenvalue weighted by atomic mass is 16.2. The van der Waals surface area contributed by atoms with E-state index in [0.717, 1.165) is 12.8 Å². The second-order valence-electron chi connectivity index (χ2n) is 5.49. The number of urea groups is 1. The Hall–Kier alpha value is -2.04. The molecule has 0 aliphatic heterocycles. The third kappa shape index (κ3) is 7.11. The van der Waals surface area contributed by atoms with Crippen molar-refractivity contribution in [3.63, 3.8) is 0 Å².